The van der Waals surface area contributed by atoms with Crippen molar-refractivity contribution in [2.24, 2.45) is 0 Å². The molecule has 3 rings (SSSR count). The molecule has 2 nitrogen and oxygen atoms in total. The zero-order valence-electron chi connectivity index (χ0n) is 13.4. The van der Waals surface area contributed by atoms with Crippen molar-refractivity contribution < 1.29 is 9.13 Å². The first kappa shape index (κ1) is 15.9. The average Bonchev–Trinajstić information content (AvgIpc) is 2.58. The van der Waals surface area contributed by atoms with E-state index in [0.717, 1.165) is 25.3 Å². The van der Waals surface area contributed by atoms with Crippen LogP contribution in [0.1, 0.15) is 18.1 Å². The molecule has 0 radical (unpaired) electrons. The first-order valence-corrected chi connectivity index (χ1v) is 8.04. The predicted molar refractivity (Wildman–Crippen MR) is 91.5 cm³/mol. The standard InChI is InChI=1S/C20H22FNO/c1-16-15-23-20(12-9-17-7-10-19(21)11-8-17)14-22(16)13-18-5-3-2-4-6-18/h2-12,16,20H,13-15H2,1H3/t16?,20-/m0/s1. The van der Waals surface area contributed by atoms with Crippen LogP contribution in [0.15, 0.2) is 60.7 Å². The highest BCUT2D eigenvalue weighted by Crippen LogP contribution is 2.17. The molecule has 0 saturated carbocycles. The van der Waals surface area contributed by atoms with Crippen molar-refractivity contribution in [3.63, 3.8) is 0 Å². The maximum absolute atomic E-state index is 12.9. The summed E-state index contributed by atoms with van der Waals surface area (Å²) in [5.74, 6) is -0.209. The highest BCUT2D eigenvalue weighted by molar-refractivity contribution is 5.49. The van der Waals surface area contributed by atoms with Gasteiger partial charge in [-0.3, -0.25) is 4.90 Å². The summed E-state index contributed by atoms with van der Waals surface area (Å²) in [6.07, 6.45) is 4.14. The van der Waals surface area contributed by atoms with Gasteiger partial charge in [-0.2, -0.15) is 0 Å². The Labute approximate surface area is 137 Å². The first-order chi connectivity index (χ1) is 11.2. The molecule has 1 fully saturated rings. The number of rotatable bonds is 4. The molecule has 1 aliphatic heterocycles. The Hall–Kier alpha value is -1.97. The summed E-state index contributed by atoms with van der Waals surface area (Å²) in [4.78, 5) is 2.44. The smallest absolute Gasteiger partial charge is 0.123 e. The van der Waals surface area contributed by atoms with E-state index in [1.54, 1.807) is 12.1 Å². The van der Waals surface area contributed by atoms with Crippen LogP contribution in [0.25, 0.3) is 6.08 Å². The molecule has 0 N–H and O–H groups in total. The van der Waals surface area contributed by atoms with Crippen molar-refractivity contribution in [1.29, 1.82) is 0 Å². The minimum absolute atomic E-state index is 0.0694. The van der Waals surface area contributed by atoms with Crippen LogP contribution in [0.3, 0.4) is 0 Å². The lowest BCUT2D eigenvalue weighted by Crippen LogP contribution is -2.47. The lowest BCUT2D eigenvalue weighted by molar-refractivity contribution is -0.0395. The van der Waals surface area contributed by atoms with Gasteiger partial charge < -0.3 is 4.74 Å². The van der Waals surface area contributed by atoms with Crippen molar-refractivity contribution in [2.45, 2.75) is 25.6 Å². The van der Waals surface area contributed by atoms with E-state index in [1.807, 2.05) is 12.1 Å². The van der Waals surface area contributed by atoms with Crippen molar-refractivity contribution in [1.82, 2.24) is 4.90 Å². The summed E-state index contributed by atoms with van der Waals surface area (Å²) in [5.41, 5.74) is 2.31. The Morgan fingerprint density at radius 1 is 1.13 bits per heavy atom. The molecule has 0 amide bonds. The maximum atomic E-state index is 12.9. The fraction of sp³-hybridized carbons (Fsp3) is 0.300. The van der Waals surface area contributed by atoms with Crippen LogP contribution in [-0.4, -0.2) is 30.2 Å². The Morgan fingerprint density at radius 2 is 1.87 bits per heavy atom. The molecule has 2 aromatic rings. The molecular formula is C20H22FNO. The molecule has 0 aromatic heterocycles. The van der Waals surface area contributed by atoms with Gasteiger partial charge in [-0.05, 0) is 30.2 Å². The van der Waals surface area contributed by atoms with Crippen LogP contribution in [0.5, 0.6) is 0 Å². The minimum Gasteiger partial charge on any atom is -0.371 e. The molecule has 23 heavy (non-hydrogen) atoms. The maximum Gasteiger partial charge on any atom is 0.123 e. The van der Waals surface area contributed by atoms with Crippen molar-refractivity contribution in [3.8, 4) is 0 Å². The van der Waals surface area contributed by atoms with Crippen LogP contribution in [-0.2, 0) is 11.3 Å². The number of benzene rings is 2. The molecule has 1 heterocycles. The van der Waals surface area contributed by atoms with Crippen molar-refractivity contribution in [2.75, 3.05) is 13.2 Å². The Kier molecular flexibility index (Phi) is 5.21. The van der Waals surface area contributed by atoms with E-state index in [2.05, 4.69) is 42.2 Å². The molecule has 0 spiro atoms. The monoisotopic (exact) mass is 311 g/mol. The summed E-state index contributed by atoms with van der Waals surface area (Å²) >= 11 is 0. The molecule has 1 unspecified atom stereocenters. The minimum atomic E-state index is -0.209. The molecule has 1 saturated heterocycles. The van der Waals surface area contributed by atoms with E-state index < -0.39 is 0 Å². The quantitative estimate of drug-likeness (QED) is 0.842. The van der Waals surface area contributed by atoms with Gasteiger partial charge in [-0.15, -0.1) is 0 Å². The second-order valence-electron chi connectivity index (χ2n) is 6.05. The molecule has 120 valence electrons. The summed E-state index contributed by atoms with van der Waals surface area (Å²) < 4.78 is 18.8. The molecule has 1 aliphatic rings. The van der Waals surface area contributed by atoms with Crippen LogP contribution in [0, 0.1) is 5.82 Å². The number of ether oxygens (including phenoxy) is 1. The van der Waals surface area contributed by atoms with Crippen LogP contribution in [0.4, 0.5) is 4.39 Å². The predicted octanol–water partition coefficient (Wildman–Crippen LogP) is 4.13. The third-order valence-corrected chi connectivity index (χ3v) is 4.19. The van der Waals surface area contributed by atoms with E-state index in [9.17, 15) is 4.39 Å². The number of halogens is 1. The number of hydrogen-bond acceptors (Lipinski definition) is 2. The van der Waals surface area contributed by atoms with Crippen LogP contribution < -0.4 is 0 Å². The van der Waals surface area contributed by atoms with E-state index in [0.29, 0.717) is 6.04 Å². The highest BCUT2D eigenvalue weighted by atomic mass is 19.1. The molecule has 0 aliphatic carbocycles. The lowest BCUT2D eigenvalue weighted by atomic mass is 10.1. The summed E-state index contributed by atoms with van der Waals surface area (Å²) in [6, 6.07) is 17.4. The lowest BCUT2D eigenvalue weighted by Gasteiger charge is -2.37. The molecule has 2 aromatic carbocycles. The number of hydrogen-bond donors (Lipinski definition) is 0. The third kappa shape index (κ3) is 4.50. The molecular weight excluding hydrogens is 289 g/mol. The summed E-state index contributed by atoms with van der Waals surface area (Å²) in [7, 11) is 0. The van der Waals surface area contributed by atoms with Gasteiger partial charge in [0.1, 0.15) is 5.82 Å². The van der Waals surface area contributed by atoms with Crippen molar-refractivity contribution >= 4 is 6.08 Å². The van der Waals surface area contributed by atoms with Gasteiger partial charge >= 0.3 is 0 Å². The van der Waals surface area contributed by atoms with E-state index >= 15 is 0 Å². The third-order valence-electron chi connectivity index (χ3n) is 4.19. The average molecular weight is 311 g/mol. The van der Waals surface area contributed by atoms with Crippen LogP contribution in [0.2, 0.25) is 0 Å². The van der Waals surface area contributed by atoms with Gasteiger partial charge in [-0.25, -0.2) is 4.39 Å². The number of morpholine rings is 1. The fourth-order valence-electron chi connectivity index (χ4n) is 2.78. The van der Waals surface area contributed by atoms with Gasteiger partial charge in [0, 0.05) is 19.1 Å². The second-order valence-corrected chi connectivity index (χ2v) is 6.05. The molecule has 0 bridgehead atoms. The molecule has 2 atom stereocenters. The normalized spacial score (nSPS) is 22.5. The van der Waals surface area contributed by atoms with Crippen LogP contribution >= 0.6 is 0 Å². The summed E-state index contributed by atoms with van der Waals surface area (Å²) in [5, 5.41) is 0. The SMILES string of the molecule is CC1CO[C@@H](C=Cc2ccc(F)cc2)CN1Cc1ccccc1. The topological polar surface area (TPSA) is 12.5 Å². The largest absolute Gasteiger partial charge is 0.371 e. The number of nitrogens with zero attached hydrogens (tertiary/aromatic N) is 1. The Bertz CT molecular complexity index is 638. The zero-order valence-corrected chi connectivity index (χ0v) is 13.4. The van der Waals surface area contributed by atoms with E-state index in [-0.39, 0.29) is 11.9 Å². The Morgan fingerprint density at radius 3 is 2.61 bits per heavy atom. The fourth-order valence-corrected chi connectivity index (χ4v) is 2.78. The van der Waals surface area contributed by atoms with Gasteiger partial charge in [0.2, 0.25) is 0 Å². The highest BCUT2D eigenvalue weighted by Gasteiger charge is 2.24. The van der Waals surface area contributed by atoms with E-state index in [4.69, 9.17) is 4.74 Å². The van der Waals surface area contributed by atoms with Gasteiger partial charge in [-0.1, -0.05) is 54.6 Å². The Balaban J connectivity index is 1.62. The first-order valence-electron chi connectivity index (χ1n) is 8.04. The summed E-state index contributed by atoms with van der Waals surface area (Å²) in [6.45, 7) is 4.73. The van der Waals surface area contributed by atoms with E-state index in [1.165, 1.54) is 17.7 Å². The van der Waals surface area contributed by atoms with Crippen molar-refractivity contribution in [3.05, 3.63) is 77.6 Å². The van der Waals surface area contributed by atoms with Gasteiger partial charge in [0.05, 0.1) is 12.7 Å². The molecule has 3 heteroatoms. The second kappa shape index (κ2) is 7.53. The van der Waals surface area contributed by atoms with Gasteiger partial charge in [0.15, 0.2) is 0 Å². The van der Waals surface area contributed by atoms with Gasteiger partial charge in [0.25, 0.3) is 0 Å². The zero-order chi connectivity index (χ0) is 16.1.